The van der Waals surface area contributed by atoms with Crippen molar-refractivity contribution in [2.75, 3.05) is 33.2 Å². The van der Waals surface area contributed by atoms with E-state index in [1.807, 2.05) is 0 Å². The highest BCUT2D eigenvalue weighted by atomic mass is 16.1. The Balaban J connectivity index is 1.71. The Morgan fingerprint density at radius 1 is 1.26 bits per heavy atom. The van der Waals surface area contributed by atoms with E-state index in [9.17, 15) is 4.79 Å². The molecular weight excluding hydrogens is 238 g/mol. The first-order valence-electron chi connectivity index (χ1n) is 7.85. The molecule has 2 fully saturated rings. The summed E-state index contributed by atoms with van der Waals surface area (Å²) in [6.45, 7) is 3.91. The van der Waals surface area contributed by atoms with Crippen molar-refractivity contribution < 1.29 is 4.79 Å². The Labute approximate surface area is 117 Å². The van der Waals surface area contributed by atoms with E-state index in [-0.39, 0.29) is 11.8 Å². The first kappa shape index (κ1) is 14.8. The molecule has 2 rings (SSSR count). The second kappa shape index (κ2) is 7.25. The minimum Gasteiger partial charge on any atom is -0.356 e. The van der Waals surface area contributed by atoms with Crippen molar-refractivity contribution in [2.24, 2.45) is 23.5 Å². The highest BCUT2D eigenvalue weighted by Crippen LogP contribution is 2.28. The molecule has 1 saturated heterocycles. The van der Waals surface area contributed by atoms with Crippen molar-refractivity contribution in [3.05, 3.63) is 0 Å². The number of nitrogens with two attached hydrogens (primary N) is 1. The van der Waals surface area contributed by atoms with Crippen LogP contribution in [0.15, 0.2) is 0 Å². The third-order valence-corrected chi connectivity index (χ3v) is 4.77. The summed E-state index contributed by atoms with van der Waals surface area (Å²) >= 11 is 0. The monoisotopic (exact) mass is 267 g/mol. The molecule has 0 spiro atoms. The molecule has 3 unspecified atom stereocenters. The maximum atomic E-state index is 12.2. The summed E-state index contributed by atoms with van der Waals surface area (Å²) in [6.07, 6.45) is 6.91. The topological polar surface area (TPSA) is 58.4 Å². The fraction of sp³-hybridized carbons (Fsp3) is 0.933. The van der Waals surface area contributed by atoms with Crippen LogP contribution in [0.25, 0.3) is 0 Å². The predicted octanol–water partition coefficient (Wildman–Crippen LogP) is 1.21. The van der Waals surface area contributed by atoms with Crippen LogP contribution in [0, 0.1) is 17.8 Å². The zero-order chi connectivity index (χ0) is 13.7. The second-order valence-electron chi connectivity index (χ2n) is 6.48. The summed E-state index contributed by atoms with van der Waals surface area (Å²) in [5.74, 6) is 1.68. The molecule has 110 valence electrons. The molecule has 1 saturated carbocycles. The van der Waals surface area contributed by atoms with Crippen LogP contribution in [0.1, 0.15) is 38.5 Å². The van der Waals surface area contributed by atoms with E-state index in [1.54, 1.807) is 0 Å². The number of nitrogens with one attached hydrogen (secondary N) is 1. The average Bonchev–Trinajstić information content (AvgIpc) is 2.45. The van der Waals surface area contributed by atoms with Gasteiger partial charge < -0.3 is 16.0 Å². The van der Waals surface area contributed by atoms with Crippen LogP contribution >= 0.6 is 0 Å². The Hall–Kier alpha value is -0.610. The Morgan fingerprint density at radius 3 is 2.79 bits per heavy atom. The molecule has 3 N–H and O–H groups in total. The Bertz CT molecular complexity index is 295. The number of hydrogen-bond donors (Lipinski definition) is 2. The summed E-state index contributed by atoms with van der Waals surface area (Å²) < 4.78 is 0. The van der Waals surface area contributed by atoms with Crippen LogP contribution in [-0.4, -0.2) is 44.0 Å². The molecule has 0 aromatic rings. The SMILES string of the molecule is CN1CCCC(CNC(=O)C2CCCC(CN)C2)C1. The van der Waals surface area contributed by atoms with Gasteiger partial charge in [0, 0.05) is 19.0 Å². The van der Waals surface area contributed by atoms with Gasteiger partial charge in [0.1, 0.15) is 0 Å². The van der Waals surface area contributed by atoms with Crippen LogP contribution in [0.4, 0.5) is 0 Å². The molecule has 1 aliphatic heterocycles. The first-order chi connectivity index (χ1) is 9.19. The highest BCUT2D eigenvalue weighted by molar-refractivity contribution is 5.78. The van der Waals surface area contributed by atoms with Crippen molar-refractivity contribution in [1.29, 1.82) is 0 Å². The van der Waals surface area contributed by atoms with Gasteiger partial charge in [-0.1, -0.05) is 6.42 Å². The van der Waals surface area contributed by atoms with Gasteiger partial charge in [0.25, 0.3) is 0 Å². The smallest absolute Gasteiger partial charge is 0.223 e. The number of rotatable bonds is 4. The first-order valence-corrected chi connectivity index (χ1v) is 7.85. The fourth-order valence-electron chi connectivity index (χ4n) is 3.57. The third kappa shape index (κ3) is 4.46. The van der Waals surface area contributed by atoms with Crippen LogP contribution in [0.2, 0.25) is 0 Å². The van der Waals surface area contributed by atoms with Gasteiger partial charge in [-0.25, -0.2) is 0 Å². The number of hydrogen-bond acceptors (Lipinski definition) is 3. The molecular formula is C15H29N3O. The van der Waals surface area contributed by atoms with E-state index in [1.165, 1.54) is 25.8 Å². The van der Waals surface area contributed by atoms with E-state index >= 15 is 0 Å². The van der Waals surface area contributed by atoms with E-state index < -0.39 is 0 Å². The lowest BCUT2D eigenvalue weighted by Crippen LogP contribution is -2.41. The minimum atomic E-state index is 0.212. The van der Waals surface area contributed by atoms with Gasteiger partial charge in [-0.3, -0.25) is 4.79 Å². The van der Waals surface area contributed by atoms with E-state index in [4.69, 9.17) is 5.73 Å². The second-order valence-corrected chi connectivity index (χ2v) is 6.48. The van der Waals surface area contributed by atoms with Crippen LogP contribution < -0.4 is 11.1 Å². The zero-order valence-corrected chi connectivity index (χ0v) is 12.2. The van der Waals surface area contributed by atoms with E-state index in [0.29, 0.717) is 11.8 Å². The molecule has 4 nitrogen and oxygen atoms in total. The molecule has 0 bridgehead atoms. The molecule has 0 aromatic heterocycles. The van der Waals surface area contributed by atoms with Crippen LogP contribution in [0.5, 0.6) is 0 Å². The van der Waals surface area contributed by atoms with Gasteiger partial charge in [0.15, 0.2) is 0 Å². The van der Waals surface area contributed by atoms with Crippen LogP contribution in [-0.2, 0) is 4.79 Å². The number of nitrogens with zero attached hydrogens (tertiary/aromatic N) is 1. The maximum absolute atomic E-state index is 12.2. The van der Waals surface area contributed by atoms with Gasteiger partial charge in [0.2, 0.25) is 5.91 Å². The fourth-order valence-corrected chi connectivity index (χ4v) is 3.57. The molecule has 1 aliphatic carbocycles. The summed E-state index contributed by atoms with van der Waals surface area (Å²) in [5.41, 5.74) is 5.73. The molecule has 4 heteroatoms. The number of likely N-dealkylation sites (tertiary alicyclic amines) is 1. The third-order valence-electron chi connectivity index (χ3n) is 4.77. The maximum Gasteiger partial charge on any atom is 0.223 e. The molecule has 2 aliphatic rings. The predicted molar refractivity (Wildman–Crippen MR) is 77.7 cm³/mol. The Morgan fingerprint density at radius 2 is 2.05 bits per heavy atom. The Kier molecular flexibility index (Phi) is 5.64. The van der Waals surface area contributed by atoms with Crippen LogP contribution in [0.3, 0.4) is 0 Å². The largest absolute Gasteiger partial charge is 0.356 e. The van der Waals surface area contributed by atoms with Gasteiger partial charge in [0.05, 0.1) is 0 Å². The summed E-state index contributed by atoms with van der Waals surface area (Å²) in [6, 6.07) is 0. The lowest BCUT2D eigenvalue weighted by Gasteiger charge is -2.31. The van der Waals surface area contributed by atoms with E-state index in [0.717, 1.165) is 38.9 Å². The normalized spacial score (nSPS) is 33.1. The van der Waals surface area contributed by atoms with Gasteiger partial charge >= 0.3 is 0 Å². The zero-order valence-electron chi connectivity index (χ0n) is 12.2. The summed E-state index contributed by atoms with van der Waals surface area (Å²) in [5, 5.41) is 3.18. The van der Waals surface area contributed by atoms with Gasteiger partial charge in [-0.2, -0.15) is 0 Å². The van der Waals surface area contributed by atoms with Crippen molar-refractivity contribution >= 4 is 5.91 Å². The minimum absolute atomic E-state index is 0.212. The van der Waals surface area contributed by atoms with Crippen molar-refractivity contribution in [2.45, 2.75) is 38.5 Å². The lowest BCUT2D eigenvalue weighted by atomic mass is 9.81. The summed E-state index contributed by atoms with van der Waals surface area (Å²) in [7, 11) is 2.17. The van der Waals surface area contributed by atoms with Gasteiger partial charge in [-0.05, 0) is 64.1 Å². The average molecular weight is 267 g/mol. The highest BCUT2D eigenvalue weighted by Gasteiger charge is 2.27. The summed E-state index contributed by atoms with van der Waals surface area (Å²) in [4.78, 5) is 14.6. The quantitative estimate of drug-likeness (QED) is 0.805. The van der Waals surface area contributed by atoms with E-state index in [2.05, 4.69) is 17.3 Å². The molecule has 0 radical (unpaired) electrons. The number of amides is 1. The number of piperidine rings is 1. The molecule has 3 atom stereocenters. The standard InChI is InChI=1S/C15H29N3O/c1-18-7-3-5-13(11-18)10-17-15(19)14-6-2-4-12(8-14)9-16/h12-14H,2-11,16H2,1H3,(H,17,19). The van der Waals surface area contributed by atoms with Crippen molar-refractivity contribution in [3.8, 4) is 0 Å². The number of carbonyl (C=O) groups is 1. The van der Waals surface area contributed by atoms with Gasteiger partial charge in [-0.15, -0.1) is 0 Å². The molecule has 0 aromatic carbocycles. The molecule has 1 amide bonds. The van der Waals surface area contributed by atoms with Crippen molar-refractivity contribution in [1.82, 2.24) is 10.2 Å². The number of carbonyl (C=O) groups excluding carboxylic acids is 1. The van der Waals surface area contributed by atoms with Crippen molar-refractivity contribution in [3.63, 3.8) is 0 Å². The lowest BCUT2D eigenvalue weighted by molar-refractivity contribution is -0.126. The molecule has 19 heavy (non-hydrogen) atoms. The molecule has 1 heterocycles.